The van der Waals surface area contributed by atoms with E-state index in [1.54, 1.807) is 22.6 Å². The van der Waals surface area contributed by atoms with Gasteiger partial charge in [-0.1, -0.05) is 30.7 Å². The summed E-state index contributed by atoms with van der Waals surface area (Å²) in [5, 5.41) is 7.12. The fourth-order valence-electron chi connectivity index (χ4n) is 4.05. The van der Waals surface area contributed by atoms with Gasteiger partial charge in [0.1, 0.15) is 0 Å². The van der Waals surface area contributed by atoms with Gasteiger partial charge in [-0.3, -0.25) is 9.48 Å². The van der Waals surface area contributed by atoms with Crippen molar-refractivity contribution in [1.29, 1.82) is 0 Å². The van der Waals surface area contributed by atoms with E-state index in [-0.39, 0.29) is 16.8 Å². The normalized spacial score (nSPS) is 17.2. The first kappa shape index (κ1) is 22.2. The van der Waals surface area contributed by atoms with Gasteiger partial charge < -0.3 is 5.32 Å². The number of hydrogen-bond acceptors (Lipinski definition) is 4. The van der Waals surface area contributed by atoms with E-state index in [0.29, 0.717) is 25.2 Å². The molecule has 7 nitrogen and oxygen atoms in total. The minimum absolute atomic E-state index is 0.000725. The number of sulfonamides is 1. The molecule has 1 aliphatic heterocycles. The summed E-state index contributed by atoms with van der Waals surface area (Å²) in [7, 11) is -3.54. The highest BCUT2D eigenvalue weighted by Gasteiger charge is 2.30. The summed E-state index contributed by atoms with van der Waals surface area (Å²) in [6.07, 6.45) is 6.46. The minimum atomic E-state index is -3.54. The molecule has 1 amide bonds. The Morgan fingerprint density at radius 1 is 1.09 bits per heavy atom. The average Bonchev–Trinajstić information content (AvgIpc) is 3.31. The Labute approximate surface area is 189 Å². The molecule has 1 N–H and O–H groups in total. The lowest BCUT2D eigenvalue weighted by Crippen LogP contribution is -2.41. The first-order chi connectivity index (χ1) is 15.4. The van der Waals surface area contributed by atoms with Gasteiger partial charge in [-0.2, -0.15) is 9.40 Å². The third-order valence-corrected chi connectivity index (χ3v) is 7.84. The van der Waals surface area contributed by atoms with E-state index in [1.165, 1.54) is 12.1 Å². The summed E-state index contributed by atoms with van der Waals surface area (Å²) in [6.45, 7) is 3.55. The predicted molar refractivity (Wildman–Crippen MR) is 123 cm³/mol. The molecule has 1 aliphatic rings. The zero-order valence-corrected chi connectivity index (χ0v) is 19.0. The van der Waals surface area contributed by atoms with Crippen molar-refractivity contribution >= 4 is 15.9 Å². The van der Waals surface area contributed by atoms with Crippen molar-refractivity contribution < 1.29 is 13.2 Å². The van der Waals surface area contributed by atoms with Crippen LogP contribution < -0.4 is 5.32 Å². The van der Waals surface area contributed by atoms with Crippen LogP contribution in [-0.2, 0) is 23.1 Å². The molecule has 1 fully saturated rings. The fourth-order valence-corrected chi connectivity index (χ4v) is 5.75. The van der Waals surface area contributed by atoms with Crippen molar-refractivity contribution in [2.75, 3.05) is 6.54 Å². The summed E-state index contributed by atoms with van der Waals surface area (Å²) < 4.78 is 29.3. The van der Waals surface area contributed by atoms with Gasteiger partial charge in [0.15, 0.2) is 0 Å². The van der Waals surface area contributed by atoms with E-state index in [2.05, 4.69) is 10.4 Å². The van der Waals surface area contributed by atoms with E-state index in [9.17, 15) is 13.2 Å². The molecule has 1 atom stereocenters. The van der Waals surface area contributed by atoms with E-state index >= 15 is 0 Å². The number of benzene rings is 2. The Bertz CT molecular complexity index is 1160. The van der Waals surface area contributed by atoms with Crippen LogP contribution >= 0.6 is 0 Å². The van der Waals surface area contributed by atoms with Crippen molar-refractivity contribution in [3.63, 3.8) is 0 Å². The number of nitrogens with one attached hydrogen (secondary N) is 1. The summed E-state index contributed by atoms with van der Waals surface area (Å²) >= 11 is 0. The quantitative estimate of drug-likeness (QED) is 0.595. The topological polar surface area (TPSA) is 84.3 Å². The predicted octanol–water partition coefficient (Wildman–Crippen LogP) is 3.42. The molecule has 168 valence electrons. The van der Waals surface area contributed by atoms with Crippen molar-refractivity contribution in [3.05, 3.63) is 83.7 Å². The van der Waals surface area contributed by atoms with Crippen molar-refractivity contribution in [2.24, 2.45) is 0 Å². The smallest absolute Gasteiger partial charge is 0.251 e. The molecular formula is C24H28N4O3S. The zero-order chi connectivity index (χ0) is 22.6. The lowest BCUT2D eigenvalue weighted by Gasteiger charge is -2.32. The van der Waals surface area contributed by atoms with E-state index < -0.39 is 10.0 Å². The largest absolute Gasteiger partial charge is 0.348 e. The maximum atomic E-state index is 13.0. The summed E-state index contributed by atoms with van der Waals surface area (Å²) in [6, 6.07) is 16.1. The van der Waals surface area contributed by atoms with Crippen molar-refractivity contribution in [2.45, 2.75) is 50.2 Å². The second-order valence-electron chi connectivity index (χ2n) is 8.19. The molecule has 1 saturated heterocycles. The maximum absolute atomic E-state index is 13.0. The molecule has 1 unspecified atom stereocenters. The first-order valence-corrected chi connectivity index (χ1v) is 12.3. The highest BCUT2D eigenvalue weighted by Crippen LogP contribution is 2.25. The molecular weight excluding hydrogens is 424 g/mol. The van der Waals surface area contributed by atoms with Gasteiger partial charge in [0.05, 0.1) is 11.4 Å². The van der Waals surface area contributed by atoms with Gasteiger partial charge in [0.2, 0.25) is 10.0 Å². The van der Waals surface area contributed by atoms with Crippen LogP contribution in [0.3, 0.4) is 0 Å². The second-order valence-corrected chi connectivity index (χ2v) is 10.1. The van der Waals surface area contributed by atoms with Gasteiger partial charge in [-0.25, -0.2) is 8.42 Å². The van der Waals surface area contributed by atoms with Crippen LogP contribution in [0.4, 0.5) is 0 Å². The minimum Gasteiger partial charge on any atom is -0.348 e. The van der Waals surface area contributed by atoms with E-state index in [0.717, 1.165) is 30.4 Å². The van der Waals surface area contributed by atoms with Crippen LogP contribution in [0.15, 0.2) is 71.9 Å². The van der Waals surface area contributed by atoms with Crippen LogP contribution in [0.5, 0.6) is 0 Å². The molecule has 32 heavy (non-hydrogen) atoms. The monoisotopic (exact) mass is 452 g/mol. The van der Waals surface area contributed by atoms with Gasteiger partial charge in [-0.15, -0.1) is 0 Å². The number of rotatable bonds is 7. The van der Waals surface area contributed by atoms with Gasteiger partial charge in [0.25, 0.3) is 5.91 Å². The lowest BCUT2D eigenvalue weighted by molar-refractivity contribution is 0.0950. The molecule has 2 aromatic carbocycles. The van der Waals surface area contributed by atoms with Crippen molar-refractivity contribution in [3.8, 4) is 0 Å². The first-order valence-electron chi connectivity index (χ1n) is 10.9. The number of nitrogens with zero attached hydrogens (tertiary/aromatic N) is 3. The second kappa shape index (κ2) is 9.67. The molecule has 0 saturated carbocycles. The third-order valence-electron chi connectivity index (χ3n) is 5.81. The van der Waals surface area contributed by atoms with Crippen LogP contribution in [-0.4, -0.2) is 41.0 Å². The number of carbonyl (C=O) groups is 1. The maximum Gasteiger partial charge on any atom is 0.251 e. The number of carbonyl (C=O) groups excluding carboxylic acids is 1. The molecule has 8 heteroatoms. The molecule has 0 bridgehead atoms. The van der Waals surface area contributed by atoms with Crippen LogP contribution in [0.2, 0.25) is 0 Å². The van der Waals surface area contributed by atoms with Gasteiger partial charge in [0, 0.05) is 37.1 Å². The molecule has 0 radical (unpaired) electrons. The Hall–Kier alpha value is -2.97. The fraction of sp³-hybridized carbons (Fsp3) is 0.333. The Balaban J connectivity index is 1.38. The number of hydrogen-bond donors (Lipinski definition) is 1. The number of amides is 1. The zero-order valence-electron chi connectivity index (χ0n) is 18.1. The van der Waals surface area contributed by atoms with Gasteiger partial charge >= 0.3 is 0 Å². The van der Waals surface area contributed by atoms with Crippen molar-refractivity contribution in [1.82, 2.24) is 19.4 Å². The van der Waals surface area contributed by atoms with E-state index in [1.807, 2.05) is 48.1 Å². The summed E-state index contributed by atoms with van der Waals surface area (Å²) in [5.74, 6) is -0.238. The molecule has 0 spiro atoms. The van der Waals surface area contributed by atoms with Crippen LogP contribution in [0.1, 0.15) is 47.7 Å². The number of aromatic nitrogens is 2. The Morgan fingerprint density at radius 3 is 2.59 bits per heavy atom. The summed E-state index contributed by atoms with van der Waals surface area (Å²) in [4.78, 5) is 12.8. The van der Waals surface area contributed by atoms with Crippen LogP contribution in [0.25, 0.3) is 0 Å². The molecule has 1 aromatic heterocycles. The molecule has 2 heterocycles. The third kappa shape index (κ3) is 5.08. The average molecular weight is 453 g/mol. The number of piperidine rings is 1. The molecule has 4 rings (SSSR count). The van der Waals surface area contributed by atoms with Crippen LogP contribution in [0, 0.1) is 0 Å². The Kier molecular flexibility index (Phi) is 6.72. The SMILES string of the molecule is CC1CCCCN1S(=O)(=O)c1ccc(C(=O)NCc2cccc(Cn3cccn3)c2)cc1. The highest BCUT2D eigenvalue weighted by molar-refractivity contribution is 7.89. The standard InChI is InChI=1S/C24H28N4O3S/c1-19-6-2-3-15-28(19)32(30,31)23-11-9-22(10-12-23)24(29)25-17-20-7-4-8-21(16-20)18-27-14-5-13-26-27/h4-5,7-14,16,19H,2-3,6,15,17-18H2,1H3,(H,25,29). The van der Waals surface area contributed by atoms with Gasteiger partial charge in [-0.05, 0) is 61.2 Å². The highest BCUT2D eigenvalue weighted by atomic mass is 32.2. The van der Waals surface area contributed by atoms with E-state index in [4.69, 9.17) is 0 Å². The Morgan fingerprint density at radius 2 is 1.88 bits per heavy atom. The molecule has 0 aliphatic carbocycles. The molecule has 3 aromatic rings. The lowest BCUT2D eigenvalue weighted by atomic mass is 10.1. The summed E-state index contributed by atoms with van der Waals surface area (Å²) in [5.41, 5.74) is 2.52.